The van der Waals surface area contributed by atoms with E-state index in [1.807, 2.05) is 19.1 Å². The number of aryl methyl sites for hydroxylation is 1. The van der Waals surface area contributed by atoms with Crippen LogP contribution in [0.4, 0.5) is 8.78 Å². The Hall–Kier alpha value is -1.69. The van der Waals surface area contributed by atoms with E-state index in [4.69, 9.17) is 27.9 Å². The molecular formula is C19H15Cl2F2NOS. The molecule has 0 aliphatic carbocycles. The Morgan fingerprint density at radius 1 is 1.08 bits per heavy atom. The van der Waals surface area contributed by atoms with Gasteiger partial charge in [0.1, 0.15) is 11.8 Å². The van der Waals surface area contributed by atoms with Gasteiger partial charge in [0.2, 0.25) is 0 Å². The lowest BCUT2D eigenvalue weighted by atomic mass is 10.1. The van der Waals surface area contributed by atoms with Crippen LogP contribution in [0.25, 0.3) is 10.4 Å². The number of rotatable bonds is 6. The van der Waals surface area contributed by atoms with Gasteiger partial charge in [0.05, 0.1) is 4.88 Å². The summed E-state index contributed by atoms with van der Waals surface area (Å²) in [6.07, 6.45) is 1.41. The first-order valence-electron chi connectivity index (χ1n) is 8.00. The van der Waals surface area contributed by atoms with Crippen molar-refractivity contribution in [2.45, 2.75) is 26.4 Å². The fraction of sp³-hybridized carbons (Fsp3) is 0.211. The van der Waals surface area contributed by atoms with Gasteiger partial charge < -0.3 is 4.74 Å². The minimum atomic E-state index is -0.721. The molecule has 0 N–H and O–H groups in total. The van der Waals surface area contributed by atoms with Gasteiger partial charge >= 0.3 is 0 Å². The molecule has 2 nitrogen and oxygen atoms in total. The maximum absolute atomic E-state index is 14.2. The van der Waals surface area contributed by atoms with E-state index in [1.54, 1.807) is 12.1 Å². The van der Waals surface area contributed by atoms with Gasteiger partial charge in [-0.25, -0.2) is 8.78 Å². The molecule has 3 aromatic rings. The first-order chi connectivity index (χ1) is 12.5. The predicted octanol–water partition coefficient (Wildman–Crippen LogP) is 6.93. The Balaban J connectivity index is 1.85. The number of hydrogen-bond acceptors (Lipinski definition) is 3. The Kier molecular flexibility index (Phi) is 6.12. The summed E-state index contributed by atoms with van der Waals surface area (Å²) >= 11 is 13.2. The van der Waals surface area contributed by atoms with E-state index in [0.29, 0.717) is 22.6 Å². The highest BCUT2D eigenvalue weighted by molar-refractivity contribution is 7.10. The molecule has 1 aromatic heterocycles. The summed E-state index contributed by atoms with van der Waals surface area (Å²) < 4.78 is 37.9. The standard InChI is InChI=1S/C19H15Cl2F2NOS/c1-2-3-11-8-15(22)17(16(23)9-11)25-10-14-18(26-24-19(14)21)12-4-6-13(20)7-5-12/h4-9H,2-3,10H2,1H3. The zero-order chi connectivity index (χ0) is 18.7. The van der Waals surface area contributed by atoms with Crippen molar-refractivity contribution >= 4 is 34.7 Å². The Morgan fingerprint density at radius 3 is 2.35 bits per heavy atom. The molecular weight excluding hydrogens is 399 g/mol. The summed E-state index contributed by atoms with van der Waals surface area (Å²) in [6.45, 7) is 1.86. The average Bonchev–Trinajstić information content (AvgIpc) is 2.96. The van der Waals surface area contributed by atoms with Crippen LogP contribution in [0.5, 0.6) is 5.75 Å². The highest BCUT2D eigenvalue weighted by Crippen LogP contribution is 2.35. The van der Waals surface area contributed by atoms with E-state index < -0.39 is 17.4 Å². The third kappa shape index (κ3) is 4.17. The molecule has 0 saturated carbocycles. The second-order valence-electron chi connectivity index (χ2n) is 5.72. The lowest BCUT2D eigenvalue weighted by molar-refractivity contribution is 0.274. The summed E-state index contributed by atoms with van der Waals surface area (Å²) in [7, 11) is 0. The van der Waals surface area contributed by atoms with Gasteiger partial charge in [-0.2, -0.15) is 4.37 Å². The van der Waals surface area contributed by atoms with Gasteiger partial charge in [-0.3, -0.25) is 0 Å². The number of ether oxygens (including phenoxy) is 1. The molecule has 0 amide bonds. The molecule has 0 aliphatic rings. The SMILES string of the molecule is CCCc1cc(F)c(OCc2c(Cl)nsc2-c2ccc(Cl)cc2)c(F)c1. The van der Waals surface area contributed by atoms with Crippen LogP contribution in [-0.4, -0.2) is 4.37 Å². The third-order valence-electron chi connectivity index (χ3n) is 3.80. The van der Waals surface area contributed by atoms with Crippen LogP contribution in [0.3, 0.4) is 0 Å². The number of halogens is 4. The first kappa shape index (κ1) is 19.1. The molecule has 0 saturated heterocycles. The second-order valence-corrected chi connectivity index (χ2v) is 7.28. The molecule has 0 spiro atoms. The average molecular weight is 414 g/mol. The molecule has 0 bridgehead atoms. The Labute approximate surface area is 164 Å². The van der Waals surface area contributed by atoms with E-state index in [-0.39, 0.29) is 11.8 Å². The van der Waals surface area contributed by atoms with Crippen molar-refractivity contribution in [1.82, 2.24) is 4.37 Å². The fourth-order valence-electron chi connectivity index (χ4n) is 2.57. The van der Waals surface area contributed by atoms with Gasteiger partial charge in [0.15, 0.2) is 17.4 Å². The normalized spacial score (nSPS) is 11.0. The van der Waals surface area contributed by atoms with Crippen LogP contribution in [0.2, 0.25) is 10.2 Å². The maximum atomic E-state index is 14.2. The van der Waals surface area contributed by atoms with Crippen molar-refractivity contribution in [1.29, 1.82) is 0 Å². The minimum absolute atomic E-state index is 0.0890. The second kappa shape index (κ2) is 8.33. The van der Waals surface area contributed by atoms with Crippen molar-refractivity contribution in [3.8, 4) is 16.2 Å². The van der Waals surface area contributed by atoms with Gasteiger partial charge in [0.25, 0.3) is 0 Å². The summed E-state index contributed by atoms with van der Waals surface area (Å²) in [6, 6.07) is 9.76. The highest BCUT2D eigenvalue weighted by Gasteiger charge is 2.18. The molecule has 0 fully saturated rings. The number of aromatic nitrogens is 1. The van der Waals surface area contributed by atoms with Crippen molar-refractivity contribution in [3.63, 3.8) is 0 Å². The largest absolute Gasteiger partial charge is 0.483 e. The summed E-state index contributed by atoms with van der Waals surface area (Å²) in [5.41, 5.74) is 2.04. The Morgan fingerprint density at radius 2 is 1.73 bits per heavy atom. The van der Waals surface area contributed by atoms with Crippen LogP contribution in [0, 0.1) is 11.6 Å². The summed E-state index contributed by atoms with van der Waals surface area (Å²) in [5.74, 6) is -1.85. The zero-order valence-electron chi connectivity index (χ0n) is 13.9. The van der Waals surface area contributed by atoms with Crippen LogP contribution in [-0.2, 0) is 13.0 Å². The molecule has 0 atom stereocenters. The van der Waals surface area contributed by atoms with Crippen molar-refractivity contribution in [2.24, 2.45) is 0 Å². The van der Waals surface area contributed by atoms with Gasteiger partial charge in [-0.05, 0) is 53.3 Å². The summed E-state index contributed by atoms with van der Waals surface area (Å²) in [4.78, 5) is 0.773. The zero-order valence-corrected chi connectivity index (χ0v) is 16.2. The topological polar surface area (TPSA) is 22.1 Å². The van der Waals surface area contributed by atoms with E-state index in [2.05, 4.69) is 4.37 Å². The number of nitrogens with zero attached hydrogens (tertiary/aromatic N) is 1. The Bertz CT molecular complexity index is 889. The number of hydrogen-bond donors (Lipinski definition) is 0. The maximum Gasteiger partial charge on any atom is 0.191 e. The predicted molar refractivity (Wildman–Crippen MR) is 102 cm³/mol. The molecule has 26 heavy (non-hydrogen) atoms. The van der Waals surface area contributed by atoms with E-state index in [1.165, 1.54) is 23.7 Å². The lowest BCUT2D eigenvalue weighted by Crippen LogP contribution is -2.02. The van der Waals surface area contributed by atoms with Crippen LogP contribution in [0.1, 0.15) is 24.5 Å². The van der Waals surface area contributed by atoms with Gasteiger partial charge in [-0.1, -0.05) is 48.7 Å². The van der Waals surface area contributed by atoms with E-state index in [0.717, 1.165) is 16.9 Å². The fourth-order valence-corrected chi connectivity index (χ4v) is 3.79. The highest BCUT2D eigenvalue weighted by atomic mass is 35.5. The summed E-state index contributed by atoms with van der Waals surface area (Å²) in [5, 5.41) is 0.863. The molecule has 7 heteroatoms. The third-order valence-corrected chi connectivity index (χ3v) is 5.41. The van der Waals surface area contributed by atoms with Gasteiger partial charge in [-0.15, -0.1) is 0 Å². The van der Waals surface area contributed by atoms with Crippen molar-refractivity contribution < 1.29 is 13.5 Å². The molecule has 136 valence electrons. The molecule has 3 rings (SSSR count). The van der Waals surface area contributed by atoms with Crippen molar-refractivity contribution in [3.05, 3.63) is 69.3 Å². The van der Waals surface area contributed by atoms with Crippen LogP contribution < -0.4 is 4.74 Å². The molecule has 2 aromatic carbocycles. The molecule has 0 aliphatic heterocycles. The quantitative estimate of drug-likeness (QED) is 0.437. The smallest absolute Gasteiger partial charge is 0.191 e. The first-order valence-corrected chi connectivity index (χ1v) is 9.53. The molecule has 0 radical (unpaired) electrons. The molecule has 0 unspecified atom stereocenters. The van der Waals surface area contributed by atoms with E-state index >= 15 is 0 Å². The van der Waals surface area contributed by atoms with Crippen LogP contribution >= 0.6 is 34.7 Å². The number of benzene rings is 2. The lowest BCUT2D eigenvalue weighted by Gasteiger charge is -2.11. The minimum Gasteiger partial charge on any atom is -0.483 e. The van der Waals surface area contributed by atoms with Crippen LogP contribution in [0.15, 0.2) is 36.4 Å². The van der Waals surface area contributed by atoms with Gasteiger partial charge in [0, 0.05) is 10.6 Å². The monoisotopic (exact) mass is 413 g/mol. The van der Waals surface area contributed by atoms with E-state index in [9.17, 15) is 8.78 Å². The molecule has 1 heterocycles. The van der Waals surface area contributed by atoms with Crippen molar-refractivity contribution in [2.75, 3.05) is 0 Å².